The van der Waals surface area contributed by atoms with Crippen LogP contribution in [-0.2, 0) is 0 Å². The maximum atomic E-state index is 11.0. The third-order valence-corrected chi connectivity index (χ3v) is 3.94. The average molecular weight is 314 g/mol. The van der Waals surface area contributed by atoms with Crippen LogP contribution >= 0.6 is 0 Å². The number of hydrogen-bond acceptors (Lipinski definition) is 4. The SMILES string of the molecule is N#Cc1c(-c2ccc3ccccc3c2)nc2ccc([N+](=O)[O-])cn12. The maximum absolute atomic E-state index is 11.0. The largest absolute Gasteiger partial charge is 0.286 e. The molecule has 0 saturated heterocycles. The number of rotatable bonds is 2. The highest BCUT2D eigenvalue weighted by Crippen LogP contribution is 2.28. The van der Waals surface area contributed by atoms with Crippen molar-refractivity contribution >= 4 is 22.1 Å². The molecule has 0 atom stereocenters. The number of benzene rings is 2. The summed E-state index contributed by atoms with van der Waals surface area (Å²) in [6.07, 6.45) is 1.32. The van der Waals surface area contributed by atoms with Gasteiger partial charge in [-0.05, 0) is 22.9 Å². The van der Waals surface area contributed by atoms with Crippen molar-refractivity contribution in [1.82, 2.24) is 9.38 Å². The van der Waals surface area contributed by atoms with Gasteiger partial charge in [-0.15, -0.1) is 0 Å². The summed E-state index contributed by atoms with van der Waals surface area (Å²) in [5, 5.41) is 22.6. The molecule has 4 aromatic rings. The Morgan fingerprint density at radius 3 is 2.62 bits per heavy atom. The van der Waals surface area contributed by atoms with E-state index in [0.717, 1.165) is 16.3 Å². The predicted molar refractivity (Wildman–Crippen MR) is 89.5 cm³/mol. The average Bonchev–Trinajstić information content (AvgIpc) is 2.98. The number of nitrogens with zero attached hydrogens (tertiary/aromatic N) is 4. The molecule has 0 spiro atoms. The summed E-state index contributed by atoms with van der Waals surface area (Å²) in [6.45, 7) is 0. The minimum absolute atomic E-state index is 0.0820. The third-order valence-electron chi connectivity index (χ3n) is 3.94. The van der Waals surface area contributed by atoms with Crippen LogP contribution < -0.4 is 0 Å². The molecule has 0 unspecified atom stereocenters. The summed E-state index contributed by atoms with van der Waals surface area (Å²) in [7, 11) is 0. The molecule has 0 amide bonds. The van der Waals surface area contributed by atoms with Gasteiger partial charge < -0.3 is 0 Å². The minimum atomic E-state index is -0.490. The van der Waals surface area contributed by atoms with Crippen LogP contribution in [0.25, 0.3) is 27.7 Å². The Kier molecular flexibility index (Phi) is 3.00. The van der Waals surface area contributed by atoms with Crippen LogP contribution in [0.2, 0.25) is 0 Å². The Balaban J connectivity index is 1.98. The molecule has 2 aromatic carbocycles. The van der Waals surface area contributed by atoms with E-state index in [1.807, 2.05) is 42.5 Å². The molecule has 0 aliphatic carbocycles. The fourth-order valence-electron chi connectivity index (χ4n) is 2.79. The molecule has 0 N–H and O–H groups in total. The molecule has 0 bridgehead atoms. The van der Waals surface area contributed by atoms with E-state index in [0.29, 0.717) is 11.3 Å². The molecule has 4 rings (SSSR count). The van der Waals surface area contributed by atoms with Gasteiger partial charge in [0.15, 0.2) is 5.69 Å². The maximum Gasteiger partial charge on any atom is 0.286 e. The molecular formula is C18H10N4O2. The number of nitro groups is 1. The second-order valence-corrected chi connectivity index (χ2v) is 5.36. The Bertz CT molecular complexity index is 1150. The first-order valence-electron chi connectivity index (χ1n) is 7.23. The van der Waals surface area contributed by atoms with Crippen molar-refractivity contribution in [1.29, 1.82) is 5.26 Å². The van der Waals surface area contributed by atoms with Gasteiger partial charge in [-0.2, -0.15) is 5.26 Å². The van der Waals surface area contributed by atoms with Gasteiger partial charge in [0.2, 0.25) is 0 Å². The highest BCUT2D eigenvalue weighted by atomic mass is 16.6. The zero-order valence-corrected chi connectivity index (χ0v) is 12.4. The van der Waals surface area contributed by atoms with Crippen molar-refractivity contribution in [2.45, 2.75) is 0 Å². The lowest BCUT2D eigenvalue weighted by atomic mass is 10.0. The summed E-state index contributed by atoms with van der Waals surface area (Å²) in [5.41, 5.74) is 2.02. The van der Waals surface area contributed by atoms with E-state index in [-0.39, 0.29) is 11.4 Å². The van der Waals surface area contributed by atoms with Crippen molar-refractivity contribution in [2.24, 2.45) is 0 Å². The molecule has 6 nitrogen and oxygen atoms in total. The zero-order chi connectivity index (χ0) is 16.7. The van der Waals surface area contributed by atoms with Gasteiger partial charge in [0.05, 0.1) is 11.1 Å². The third kappa shape index (κ3) is 2.08. The summed E-state index contributed by atoms with van der Waals surface area (Å²) in [5.74, 6) is 0. The first-order chi connectivity index (χ1) is 11.7. The molecule has 0 saturated carbocycles. The van der Waals surface area contributed by atoms with Crippen LogP contribution in [-0.4, -0.2) is 14.3 Å². The monoisotopic (exact) mass is 314 g/mol. The second-order valence-electron chi connectivity index (χ2n) is 5.36. The van der Waals surface area contributed by atoms with E-state index in [9.17, 15) is 15.4 Å². The first kappa shape index (κ1) is 13.9. The number of imidazole rings is 1. The van der Waals surface area contributed by atoms with Crippen LogP contribution in [0.1, 0.15) is 5.69 Å². The van der Waals surface area contributed by atoms with Crippen molar-refractivity contribution < 1.29 is 4.92 Å². The summed E-state index contributed by atoms with van der Waals surface area (Å²) in [6, 6.07) is 18.8. The van der Waals surface area contributed by atoms with Crippen molar-refractivity contribution in [2.75, 3.05) is 0 Å². The lowest BCUT2D eigenvalue weighted by Gasteiger charge is -2.01. The molecule has 0 aliphatic rings. The summed E-state index contributed by atoms with van der Waals surface area (Å²) < 4.78 is 1.46. The topological polar surface area (TPSA) is 84.2 Å². The van der Waals surface area contributed by atoms with E-state index in [1.165, 1.54) is 16.7 Å². The smallest absolute Gasteiger partial charge is 0.284 e. The van der Waals surface area contributed by atoms with E-state index >= 15 is 0 Å². The van der Waals surface area contributed by atoms with Gasteiger partial charge in [0, 0.05) is 11.6 Å². The molecule has 0 aliphatic heterocycles. The van der Waals surface area contributed by atoms with Gasteiger partial charge in [-0.25, -0.2) is 4.98 Å². The predicted octanol–water partition coefficient (Wildman–Crippen LogP) is 3.93. The second kappa shape index (κ2) is 5.18. The van der Waals surface area contributed by atoms with Crippen molar-refractivity contribution in [3.63, 3.8) is 0 Å². The van der Waals surface area contributed by atoms with Crippen LogP contribution in [0, 0.1) is 21.4 Å². The lowest BCUT2D eigenvalue weighted by Crippen LogP contribution is -1.94. The van der Waals surface area contributed by atoms with Crippen molar-refractivity contribution in [3.8, 4) is 17.3 Å². The summed E-state index contributed by atoms with van der Waals surface area (Å²) in [4.78, 5) is 14.9. The highest BCUT2D eigenvalue weighted by Gasteiger charge is 2.16. The van der Waals surface area contributed by atoms with Gasteiger partial charge in [0.1, 0.15) is 17.4 Å². The number of nitriles is 1. The normalized spacial score (nSPS) is 10.8. The fraction of sp³-hybridized carbons (Fsp3) is 0. The fourth-order valence-corrected chi connectivity index (χ4v) is 2.79. The van der Waals surface area contributed by atoms with E-state index in [4.69, 9.17) is 0 Å². The van der Waals surface area contributed by atoms with E-state index in [1.54, 1.807) is 6.07 Å². The number of hydrogen-bond donors (Lipinski definition) is 0. The highest BCUT2D eigenvalue weighted by molar-refractivity contribution is 5.87. The Hall–Kier alpha value is -3.72. The van der Waals surface area contributed by atoms with Gasteiger partial charge in [0.25, 0.3) is 5.69 Å². The van der Waals surface area contributed by atoms with Crippen LogP contribution in [0.5, 0.6) is 0 Å². The van der Waals surface area contributed by atoms with Gasteiger partial charge in [-0.3, -0.25) is 14.5 Å². The molecule has 0 radical (unpaired) electrons. The Morgan fingerprint density at radius 2 is 1.88 bits per heavy atom. The molecule has 0 fully saturated rings. The Labute approximate surface area is 136 Å². The summed E-state index contributed by atoms with van der Waals surface area (Å²) >= 11 is 0. The molecule has 6 heteroatoms. The number of aromatic nitrogens is 2. The van der Waals surface area contributed by atoms with Crippen LogP contribution in [0.3, 0.4) is 0 Å². The quantitative estimate of drug-likeness (QED) is 0.414. The zero-order valence-electron chi connectivity index (χ0n) is 12.4. The molecule has 2 aromatic heterocycles. The van der Waals surface area contributed by atoms with E-state index < -0.39 is 4.92 Å². The lowest BCUT2D eigenvalue weighted by molar-refractivity contribution is -0.385. The standard InChI is InChI=1S/C18H10N4O2/c19-10-16-18(14-6-5-12-3-1-2-4-13(12)9-14)20-17-8-7-15(22(23)24)11-21(16)17/h1-9,11H. The number of pyridine rings is 1. The van der Waals surface area contributed by atoms with Crippen molar-refractivity contribution in [3.05, 3.63) is 76.6 Å². The Morgan fingerprint density at radius 1 is 1.08 bits per heavy atom. The van der Waals surface area contributed by atoms with Gasteiger partial charge in [-0.1, -0.05) is 36.4 Å². The molecular weight excluding hydrogens is 304 g/mol. The molecule has 24 heavy (non-hydrogen) atoms. The van der Waals surface area contributed by atoms with Crippen LogP contribution in [0.15, 0.2) is 60.8 Å². The number of fused-ring (bicyclic) bond motifs is 2. The van der Waals surface area contributed by atoms with E-state index in [2.05, 4.69) is 11.1 Å². The van der Waals surface area contributed by atoms with Crippen LogP contribution in [0.4, 0.5) is 5.69 Å². The molecule has 2 heterocycles. The first-order valence-corrected chi connectivity index (χ1v) is 7.23. The molecule has 114 valence electrons. The van der Waals surface area contributed by atoms with Gasteiger partial charge >= 0.3 is 0 Å². The minimum Gasteiger partial charge on any atom is -0.284 e.